The van der Waals surface area contributed by atoms with Crippen molar-refractivity contribution in [2.45, 2.75) is 65.4 Å². The molecule has 2 aliphatic heterocycles. The summed E-state index contributed by atoms with van der Waals surface area (Å²) in [6, 6.07) is 9.79. The van der Waals surface area contributed by atoms with Crippen LogP contribution in [-0.4, -0.2) is 65.5 Å². The molecule has 1 unspecified atom stereocenters. The first-order valence-corrected chi connectivity index (χ1v) is 14.7. The smallest absolute Gasteiger partial charge is 0.410 e. The number of ether oxygens (including phenoxy) is 2. The summed E-state index contributed by atoms with van der Waals surface area (Å²) in [7, 11) is 2.12. The van der Waals surface area contributed by atoms with Gasteiger partial charge in [0.1, 0.15) is 11.4 Å². The lowest BCUT2D eigenvalue weighted by atomic mass is 9.94. The minimum atomic E-state index is -0.533. The first kappa shape index (κ1) is 28.4. The van der Waals surface area contributed by atoms with Crippen molar-refractivity contribution in [2.24, 2.45) is 13.0 Å². The van der Waals surface area contributed by atoms with Gasteiger partial charge in [-0.05, 0) is 90.0 Å². The SMILES string of the molecule is Cc1cc2c(cc(CCC3CCCOCC3)n2C)c(-c2ccc(N3CCN(C(=O)OC(C)(C)C)CC3)c(F)c2)n1. The second-order valence-corrected chi connectivity index (χ2v) is 12.3. The van der Waals surface area contributed by atoms with Crippen molar-refractivity contribution in [1.29, 1.82) is 0 Å². The Balaban J connectivity index is 1.33. The molecule has 0 radical (unpaired) electrons. The average molecular weight is 551 g/mol. The van der Waals surface area contributed by atoms with Crippen LogP contribution in [0.5, 0.6) is 0 Å². The number of amides is 1. The van der Waals surface area contributed by atoms with E-state index >= 15 is 4.39 Å². The molecule has 0 aliphatic carbocycles. The van der Waals surface area contributed by atoms with E-state index in [0.717, 1.165) is 66.8 Å². The van der Waals surface area contributed by atoms with Crippen LogP contribution < -0.4 is 4.90 Å². The molecule has 0 N–H and O–H groups in total. The third-order valence-corrected chi connectivity index (χ3v) is 8.14. The molecule has 5 rings (SSSR count). The van der Waals surface area contributed by atoms with Gasteiger partial charge in [-0.2, -0.15) is 0 Å². The number of aromatic nitrogens is 2. The van der Waals surface area contributed by atoms with Gasteiger partial charge in [-0.25, -0.2) is 9.18 Å². The van der Waals surface area contributed by atoms with Gasteiger partial charge in [0, 0.05) is 68.8 Å². The van der Waals surface area contributed by atoms with E-state index in [1.165, 1.54) is 12.1 Å². The Morgan fingerprint density at radius 3 is 2.60 bits per heavy atom. The number of piperazine rings is 1. The lowest BCUT2D eigenvalue weighted by molar-refractivity contribution is 0.0240. The zero-order valence-electron chi connectivity index (χ0n) is 24.6. The molecule has 1 atom stereocenters. The Hall–Kier alpha value is -3.13. The van der Waals surface area contributed by atoms with Crippen molar-refractivity contribution >= 4 is 22.7 Å². The first-order chi connectivity index (χ1) is 19.1. The molecular formula is C32H43FN4O3. The summed E-state index contributed by atoms with van der Waals surface area (Å²) in [5.74, 6) is 0.430. The van der Waals surface area contributed by atoms with Gasteiger partial charge in [0.05, 0.1) is 16.9 Å². The van der Waals surface area contributed by atoms with Crippen LogP contribution >= 0.6 is 0 Å². The highest BCUT2D eigenvalue weighted by atomic mass is 19.1. The van der Waals surface area contributed by atoms with Crippen LogP contribution in [0.15, 0.2) is 30.3 Å². The maximum Gasteiger partial charge on any atom is 0.410 e. The topological polar surface area (TPSA) is 59.8 Å². The third-order valence-electron chi connectivity index (χ3n) is 8.14. The molecule has 0 spiro atoms. The van der Waals surface area contributed by atoms with Crippen LogP contribution in [0.3, 0.4) is 0 Å². The van der Waals surface area contributed by atoms with Crippen molar-refractivity contribution in [2.75, 3.05) is 44.3 Å². The van der Waals surface area contributed by atoms with Gasteiger partial charge >= 0.3 is 6.09 Å². The number of hydrogen-bond acceptors (Lipinski definition) is 5. The third kappa shape index (κ3) is 6.43. The molecule has 2 aromatic heterocycles. The monoisotopic (exact) mass is 550 g/mol. The van der Waals surface area contributed by atoms with Gasteiger partial charge in [0.25, 0.3) is 0 Å². The van der Waals surface area contributed by atoms with Crippen molar-refractivity contribution in [3.63, 3.8) is 0 Å². The summed E-state index contributed by atoms with van der Waals surface area (Å²) in [6.07, 6.45) is 5.36. The molecule has 4 heterocycles. The molecule has 8 heteroatoms. The second-order valence-electron chi connectivity index (χ2n) is 12.3. The molecule has 2 aliphatic rings. The van der Waals surface area contributed by atoms with Gasteiger partial charge in [-0.15, -0.1) is 0 Å². The number of nitrogens with zero attached hydrogens (tertiary/aromatic N) is 4. The zero-order valence-corrected chi connectivity index (χ0v) is 24.6. The summed E-state index contributed by atoms with van der Waals surface area (Å²) in [4.78, 5) is 21.0. The highest BCUT2D eigenvalue weighted by Gasteiger charge is 2.27. The molecule has 2 fully saturated rings. The molecule has 1 amide bonds. The van der Waals surface area contributed by atoms with Crippen molar-refractivity contribution in [3.05, 3.63) is 47.5 Å². The number of aryl methyl sites for hydroxylation is 3. The number of hydrogen-bond donors (Lipinski definition) is 0. The maximum absolute atomic E-state index is 15.6. The predicted octanol–water partition coefficient (Wildman–Crippen LogP) is 6.49. The molecule has 216 valence electrons. The summed E-state index contributed by atoms with van der Waals surface area (Å²) in [5, 5.41) is 1.06. The number of halogens is 1. The number of carbonyl (C=O) groups excluding carboxylic acids is 1. The Bertz CT molecular complexity index is 1350. The summed E-state index contributed by atoms with van der Waals surface area (Å²) in [6.45, 7) is 11.4. The molecule has 7 nitrogen and oxygen atoms in total. The van der Waals surface area contributed by atoms with E-state index in [1.807, 2.05) is 44.7 Å². The van der Waals surface area contributed by atoms with E-state index in [1.54, 1.807) is 11.0 Å². The van der Waals surface area contributed by atoms with Crippen molar-refractivity contribution in [1.82, 2.24) is 14.5 Å². The summed E-state index contributed by atoms with van der Waals surface area (Å²) in [5.41, 5.74) is 4.95. The lowest BCUT2D eigenvalue weighted by Crippen LogP contribution is -2.50. The largest absolute Gasteiger partial charge is 0.444 e. The number of carbonyl (C=O) groups is 1. The number of fused-ring (bicyclic) bond motifs is 1. The van der Waals surface area contributed by atoms with E-state index in [-0.39, 0.29) is 11.9 Å². The van der Waals surface area contributed by atoms with Crippen molar-refractivity contribution in [3.8, 4) is 11.3 Å². The van der Waals surface area contributed by atoms with Crippen LogP contribution in [0.2, 0.25) is 0 Å². The summed E-state index contributed by atoms with van der Waals surface area (Å²) >= 11 is 0. The number of rotatable bonds is 5. The molecule has 2 saturated heterocycles. The van der Waals surface area contributed by atoms with Crippen molar-refractivity contribution < 1.29 is 18.7 Å². The number of benzene rings is 1. The van der Waals surface area contributed by atoms with Gasteiger partial charge < -0.3 is 23.8 Å². The highest BCUT2D eigenvalue weighted by Crippen LogP contribution is 2.34. The van der Waals surface area contributed by atoms with Crippen LogP contribution in [0.4, 0.5) is 14.9 Å². The zero-order chi connectivity index (χ0) is 28.4. The van der Waals surface area contributed by atoms with Crippen LogP contribution in [-0.2, 0) is 22.9 Å². The minimum absolute atomic E-state index is 0.272. The van der Waals surface area contributed by atoms with E-state index in [2.05, 4.69) is 23.7 Å². The standard InChI is InChI=1S/C32H43FN4O3/c1-22-19-29-26(21-25(35(29)5)10-8-23-7-6-17-39-18-12-23)30(34-22)24-9-11-28(27(33)20-24)36-13-15-37(16-14-36)31(38)40-32(2,3)4/h9,11,19-21,23H,6-8,10,12-18H2,1-5H3. The fourth-order valence-corrected chi connectivity index (χ4v) is 5.94. The predicted molar refractivity (Wildman–Crippen MR) is 157 cm³/mol. The van der Waals surface area contributed by atoms with E-state index in [4.69, 9.17) is 14.5 Å². The van der Waals surface area contributed by atoms with E-state index in [9.17, 15) is 4.79 Å². The fraction of sp³-hybridized carbons (Fsp3) is 0.562. The number of pyridine rings is 1. The quantitative estimate of drug-likeness (QED) is 0.363. The maximum atomic E-state index is 15.6. The second kappa shape index (κ2) is 11.8. The van der Waals surface area contributed by atoms with Gasteiger partial charge in [0.2, 0.25) is 0 Å². The molecular weight excluding hydrogens is 507 g/mol. The Morgan fingerprint density at radius 2 is 1.88 bits per heavy atom. The normalized spacial score (nSPS) is 18.7. The Labute approximate surface area is 237 Å². The van der Waals surface area contributed by atoms with Crippen LogP contribution in [0, 0.1) is 18.7 Å². The minimum Gasteiger partial charge on any atom is -0.444 e. The lowest BCUT2D eigenvalue weighted by Gasteiger charge is -2.36. The summed E-state index contributed by atoms with van der Waals surface area (Å²) < 4.78 is 29.0. The van der Waals surface area contributed by atoms with Gasteiger partial charge in [0.15, 0.2) is 0 Å². The Morgan fingerprint density at radius 1 is 1.10 bits per heavy atom. The van der Waals surface area contributed by atoms with Gasteiger partial charge in [-0.1, -0.05) is 6.07 Å². The van der Waals surface area contributed by atoms with E-state index in [0.29, 0.717) is 37.8 Å². The Kier molecular flexibility index (Phi) is 8.36. The molecule has 0 saturated carbocycles. The number of anilines is 1. The van der Waals surface area contributed by atoms with Crippen LogP contribution in [0.25, 0.3) is 22.2 Å². The van der Waals surface area contributed by atoms with Crippen LogP contribution in [0.1, 0.15) is 57.8 Å². The highest BCUT2D eigenvalue weighted by molar-refractivity contribution is 5.94. The fourth-order valence-electron chi connectivity index (χ4n) is 5.94. The van der Waals surface area contributed by atoms with E-state index < -0.39 is 5.60 Å². The molecule has 1 aromatic carbocycles. The van der Waals surface area contributed by atoms with Gasteiger partial charge in [-0.3, -0.25) is 4.98 Å². The molecule has 40 heavy (non-hydrogen) atoms. The molecule has 3 aromatic rings. The average Bonchev–Trinajstić information content (AvgIpc) is 3.06. The first-order valence-electron chi connectivity index (χ1n) is 14.7. The molecule has 0 bridgehead atoms.